The average Bonchev–Trinajstić information content (AvgIpc) is 3.35. The largest absolute Gasteiger partial charge is 0.477 e. The Balaban J connectivity index is 1.62. The molecule has 1 aromatic rings. The maximum Gasteiger partial charge on any atom is 0.354 e. The van der Waals surface area contributed by atoms with Gasteiger partial charge >= 0.3 is 6.03 Å². The predicted octanol–water partition coefficient (Wildman–Crippen LogP) is 2.75. The minimum Gasteiger partial charge on any atom is -0.477 e. The number of aromatic nitrogens is 1. The van der Waals surface area contributed by atoms with Crippen LogP contribution in [0.15, 0.2) is 20.5 Å². The number of aryl methyl sites for hydroxylation is 1. The molecule has 2 amide bonds. The van der Waals surface area contributed by atoms with Crippen LogP contribution in [0.3, 0.4) is 0 Å². The Kier molecular flexibility index (Phi) is 6.02. The van der Waals surface area contributed by atoms with Gasteiger partial charge in [0.05, 0.1) is 12.3 Å². The highest BCUT2D eigenvalue weighted by molar-refractivity contribution is 7.96. The van der Waals surface area contributed by atoms with Crippen molar-refractivity contribution in [2.24, 2.45) is 26.1 Å². The molecule has 3 unspecified atom stereocenters. The summed E-state index contributed by atoms with van der Waals surface area (Å²) in [5.74, 6) is 0.735. The number of urea groups is 1. The standard InChI is InChI=1S/C21H30N6O3S/c1-3-13-10-24-20(30-11-13)17(9-22)31(23,29)27-21(28)26-19-14-5-4-6-16(14)25-18-12(2)7-8-15(18)19/h9,12-13H,3-8,10-11,22H2,1-2H3,(H3,23,25,26,27,28,29)/b17-9+. The monoisotopic (exact) mass is 446 g/mol. The highest BCUT2D eigenvalue weighted by Gasteiger charge is 2.30. The van der Waals surface area contributed by atoms with Gasteiger partial charge in [-0.1, -0.05) is 13.8 Å². The van der Waals surface area contributed by atoms with E-state index in [4.69, 9.17) is 20.6 Å². The highest BCUT2D eigenvalue weighted by Crippen LogP contribution is 2.41. The molecule has 31 heavy (non-hydrogen) atoms. The molecular weight excluding hydrogens is 416 g/mol. The van der Waals surface area contributed by atoms with Gasteiger partial charge in [0.1, 0.15) is 4.91 Å². The lowest BCUT2D eigenvalue weighted by atomic mass is 10.0. The lowest BCUT2D eigenvalue weighted by molar-refractivity contribution is 0.218. The predicted molar refractivity (Wildman–Crippen MR) is 121 cm³/mol. The van der Waals surface area contributed by atoms with Crippen molar-refractivity contribution in [1.82, 2.24) is 4.98 Å². The van der Waals surface area contributed by atoms with Gasteiger partial charge in [0.15, 0.2) is 9.92 Å². The number of carbonyl (C=O) groups excluding carboxylic acids is 1. The van der Waals surface area contributed by atoms with Gasteiger partial charge < -0.3 is 15.8 Å². The number of hydrogen-bond donors (Lipinski definition) is 3. The van der Waals surface area contributed by atoms with Crippen molar-refractivity contribution >= 4 is 27.5 Å². The molecule has 0 radical (unpaired) electrons. The fraction of sp³-hybridized carbons (Fsp3) is 0.571. The van der Waals surface area contributed by atoms with Crippen LogP contribution in [0, 0.1) is 5.92 Å². The van der Waals surface area contributed by atoms with E-state index in [1.807, 2.05) is 6.92 Å². The van der Waals surface area contributed by atoms with Gasteiger partial charge in [-0.05, 0) is 55.6 Å². The molecule has 1 aromatic heterocycles. The van der Waals surface area contributed by atoms with E-state index in [2.05, 4.69) is 21.6 Å². The van der Waals surface area contributed by atoms with Gasteiger partial charge in [-0.3, -0.25) is 9.98 Å². The second-order valence-electron chi connectivity index (χ2n) is 8.42. The minimum atomic E-state index is -3.63. The van der Waals surface area contributed by atoms with E-state index < -0.39 is 15.9 Å². The summed E-state index contributed by atoms with van der Waals surface area (Å²) in [5.41, 5.74) is 10.6. The number of amides is 2. The summed E-state index contributed by atoms with van der Waals surface area (Å²) in [6, 6.07) is -0.767. The van der Waals surface area contributed by atoms with Crippen LogP contribution in [0.1, 0.15) is 61.5 Å². The zero-order chi connectivity index (χ0) is 22.2. The Hall–Kier alpha value is -2.46. The number of ether oxygens (including phenoxy) is 1. The molecule has 3 atom stereocenters. The van der Waals surface area contributed by atoms with Gasteiger partial charge in [-0.25, -0.2) is 14.1 Å². The molecule has 3 aliphatic rings. The number of aliphatic imine (C=N–C) groups is 1. The summed E-state index contributed by atoms with van der Waals surface area (Å²) in [7, 11) is -3.63. The fourth-order valence-corrected chi connectivity index (χ4v) is 5.41. The Bertz CT molecular complexity index is 1090. The van der Waals surface area contributed by atoms with E-state index in [1.165, 1.54) is 0 Å². The first kappa shape index (κ1) is 21.8. The van der Waals surface area contributed by atoms with E-state index in [1.54, 1.807) is 0 Å². The number of carbonyl (C=O) groups is 1. The first-order valence-corrected chi connectivity index (χ1v) is 12.4. The molecule has 2 heterocycles. The first-order chi connectivity index (χ1) is 14.8. The van der Waals surface area contributed by atoms with Crippen molar-refractivity contribution in [2.75, 3.05) is 18.5 Å². The number of pyridine rings is 1. The van der Waals surface area contributed by atoms with Crippen molar-refractivity contribution < 1.29 is 13.7 Å². The first-order valence-electron chi connectivity index (χ1n) is 10.8. The third-order valence-corrected chi connectivity index (χ3v) is 7.68. The second kappa shape index (κ2) is 8.58. The van der Waals surface area contributed by atoms with Gasteiger partial charge in [0, 0.05) is 30.1 Å². The molecule has 0 saturated carbocycles. The van der Waals surface area contributed by atoms with Gasteiger partial charge in [-0.2, -0.15) is 0 Å². The number of hydrogen-bond acceptors (Lipinski definition) is 6. The quantitative estimate of drug-likeness (QED) is 0.651. The zero-order valence-corrected chi connectivity index (χ0v) is 18.8. The van der Waals surface area contributed by atoms with Crippen LogP contribution < -0.4 is 16.2 Å². The Morgan fingerprint density at radius 1 is 1.35 bits per heavy atom. The van der Waals surface area contributed by atoms with E-state index in [0.717, 1.165) is 72.9 Å². The van der Waals surface area contributed by atoms with E-state index >= 15 is 0 Å². The van der Waals surface area contributed by atoms with Crippen LogP contribution in [-0.2, 0) is 33.9 Å². The Morgan fingerprint density at radius 2 is 2.16 bits per heavy atom. The van der Waals surface area contributed by atoms with Crippen LogP contribution in [0.2, 0.25) is 0 Å². The number of anilines is 1. The molecule has 168 valence electrons. The summed E-state index contributed by atoms with van der Waals surface area (Å²) in [5, 5.41) is 8.81. The molecule has 0 saturated heterocycles. The lowest BCUT2D eigenvalue weighted by Crippen LogP contribution is -2.30. The summed E-state index contributed by atoms with van der Waals surface area (Å²) in [4.78, 5) is 21.9. The SMILES string of the molecule is CCC1CN=C(/C(=C\N)S(N)(=O)=NC(=O)Nc2c3c(nc4c2CCC4C)CCC3)OC1. The second-order valence-corrected chi connectivity index (χ2v) is 10.2. The van der Waals surface area contributed by atoms with E-state index in [-0.39, 0.29) is 16.7 Å². The topological polar surface area (TPSA) is 145 Å². The average molecular weight is 447 g/mol. The molecule has 4 rings (SSSR count). The maximum absolute atomic E-state index is 13.1. The maximum atomic E-state index is 13.1. The van der Waals surface area contributed by atoms with Gasteiger partial charge in [-0.15, -0.1) is 4.36 Å². The summed E-state index contributed by atoms with van der Waals surface area (Å²) in [6.07, 6.45) is 6.59. The molecule has 0 fully saturated rings. The molecule has 0 spiro atoms. The van der Waals surface area contributed by atoms with Gasteiger partial charge in [0.2, 0.25) is 5.90 Å². The van der Waals surface area contributed by atoms with Crippen molar-refractivity contribution in [3.8, 4) is 0 Å². The number of nitrogens with zero attached hydrogens (tertiary/aromatic N) is 3. The third kappa shape index (κ3) is 4.18. The van der Waals surface area contributed by atoms with E-state index in [0.29, 0.717) is 19.1 Å². The van der Waals surface area contributed by atoms with Crippen molar-refractivity contribution in [3.05, 3.63) is 33.6 Å². The molecule has 9 nitrogen and oxygen atoms in total. The molecular formula is C21H30N6O3S. The number of nitrogens with two attached hydrogens (primary N) is 2. The van der Waals surface area contributed by atoms with Crippen LogP contribution >= 0.6 is 0 Å². The molecule has 5 N–H and O–H groups in total. The van der Waals surface area contributed by atoms with E-state index in [9.17, 15) is 9.00 Å². The van der Waals surface area contributed by atoms with Crippen molar-refractivity contribution in [2.45, 2.75) is 58.3 Å². The van der Waals surface area contributed by atoms with Gasteiger partial charge in [0.25, 0.3) is 0 Å². The van der Waals surface area contributed by atoms with Crippen molar-refractivity contribution in [3.63, 3.8) is 0 Å². The molecule has 0 bridgehead atoms. The Morgan fingerprint density at radius 3 is 2.84 bits per heavy atom. The molecule has 0 aromatic carbocycles. The van der Waals surface area contributed by atoms with Crippen LogP contribution in [-0.4, -0.2) is 34.3 Å². The lowest BCUT2D eigenvalue weighted by Gasteiger charge is -2.22. The summed E-state index contributed by atoms with van der Waals surface area (Å²) < 4.78 is 22.5. The van der Waals surface area contributed by atoms with Crippen molar-refractivity contribution in [1.29, 1.82) is 0 Å². The summed E-state index contributed by atoms with van der Waals surface area (Å²) in [6.45, 7) is 5.16. The Labute approximate surface area is 183 Å². The number of nitrogens with one attached hydrogen (secondary N) is 1. The molecule has 2 aliphatic carbocycles. The third-order valence-electron chi connectivity index (χ3n) is 6.30. The van der Waals surface area contributed by atoms with Crippen LogP contribution in [0.25, 0.3) is 0 Å². The highest BCUT2D eigenvalue weighted by atomic mass is 32.2. The van der Waals surface area contributed by atoms with Crippen LogP contribution in [0.5, 0.6) is 0 Å². The minimum absolute atomic E-state index is 0.0592. The zero-order valence-electron chi connectivity index (χ0n) is 18.0. The fourth-order valence-electron chi connectivity index (χ4n) is 4.45. The number of rotatable bonds is 4. The summed E-state index contributed by atoms with van der Waals surface area (Å²) >= 11 is 0. The molecule has 10 heteroatoms. The normalized spacial score (nSPS) is 24.5. The number of fused-ring (bicyclic) bond motifs is 2. The smallest absolute Gasteiger partial charge is 0.354 e. The molecule has 1 aliphatic heterocycles. The van der Waals surface area contributed by atoms with Crippen LogP contribution in [0.4, 0.5) is 10.5 Å².